The number of hydrogen-bond acceptors (Lipinski definition) is 3. The number of benzene rings is 2. The van der Waals surface area contributed by atoms with E-state index in [1.165, 1.54) is 56.1 Å². The molecule has 4 heteroatoms. The Kier molecular flexibility index (Phi) is 9.26. The molecule has 1 N–H and O–H groups in total. The smallest absolute Gasteiger partial charge is 0.344 e. The summed E-state index contributed by atoms with van der Waals surface area (Å²) in [5, 5.41) is 8.90. The molecule has 2 aromatic carbocycles. The summed E-state index contributed by atoms with van der Waals surface area (Å²) in [4.78, 5) is 12.2. The molecule has 0 aliphatic rings. The standard InChI is InChI=1S/C23H30O3S/c1-3-4-5-6-7-8-17-27-22-15-11-20(12-16-22)19-9-13-21(14-10-19)26-18(2)23(24)25/h9-16,18H,3-8,17H2,1-2H3,(H,24,25)/t18-/m1/s1. The van der Waals surface area contributed by atoms with Crippen LogP contribution in [0.3, 0.4) is 0 Å². The van der Waals surface area contributed by atoms with Crippen molar-refractivity contribution in [2.75, 3.05) is 5.75 Å². The lowest BCUT2D eigenvalue weighted by molar-refractivity contribution is -0.144. The molecule has 0 heterocycles. The van der Waals surface area contributed by atoms with E-state index in [0.29, 0.717) is 5.75 Å². The van der Waals surface area contributed by atoms with Crippen LogP contribution in [0.2, 0.25) is 0 Å². The summed E-state index contributed by atoms with van der Waals surface area (Å²) < 4.78 is 5.37. The summed E-state index contributed by atoms with van der Waals surface area (Å²) in [5.41, 5.74) is 2.24. The summed E-state index contributed by atoms with van der Waals surface area (Å²) in [6, 6.07) is 16.2. The van der Waals surface area contributed by atoms with Gasteiger partial charge in [0.15, 0.2) is 6.10 Å². The molecule has 0 aliphatic heterocycles. The molecule has 146 valence electrons. The van der Waals surface area contributed by atoms with Crippen molar-refractivity contribution >= 4 is 17.7 Å². The van der Waals surface area contributed by atoms with E-state index in [4.69, 9.17) is 9.84 Å². The molecular formula is C23H30O3S. The van der Waals surface area contributed by atoms with Crippen molar-refractivity contribution in [3.63, 3.8) is 0 Å². The van der Waals surface area contributed by atoms with Gasteiger partial charge in [0.05, 0.1) is 0 Å². The first-order valence-electron chi connectivity index (χ1n) is 9.83. The third-order valence-electron chi connectivity index (χ3n) is 4.47. The molecule has 0 radical (unpaired) electrons. The zero-order valence-corrected chi connectivity index (χ0v) is 17.1. The Balaban J connectivity index is 1.80. The van der Waals surface area contributed by atoms with Crippen molar-refractivity contribution in [2.45, 2.75) is 63.4 Å². The fourth-order valence-corrected chi connectivity index (χ4v) is 3.71. The van der Waals surface area contributed by atoms with E-state index >= 15 is 0 Å². The van der Waals surface area contributed by atoms with Gasteiger partial charge in [-0.15, -0.1) is 11.8 Å². The zero-order valence-electron chi connectivity index (χ0n) is 16.3. The van der Waals surface area contributed by atoms with Gasteiger partial charge in [0.25, 0.3) is 0 Å². The van der Waals surface area contributed by atoms with Crippen LogP contribution in [0.25, 0.3) is 11.1 Å². The molecule has 2 aromatic rings. The number of unbranched alkanes of at least 4 members (excludes halogenated alkanes) is 5. The van der Waals surface area contributed by atoms with E-state index in [1.54, 1.807) is 0 Å². The Hall–Kier alpha value is -1.94. The van der Waals surface area contributed by atoms with Crippen molar-refractivity contribution in [3.05, 3.63) is 48.5 Å². The highest BCUT2D eigenvalue weighted by atomic mass is 32.2. The summed E-state index contributed by atoms with van der Waals surface area (Å²) >= 11 is 1.92. The average molecular weight is 387 g/mol. The van der Waals surface area contributed by atoms with E-state index in [1.807, 2.05) is 36.0 Å². The van der Waals surface area contributed by atoms with Crippen LogP contribution in [0.5, 0.6) is 5.75 Å². The number of carboxylic acid groups (broad SMARTS) is 1. The SMILES string of the molecule is CCCCCCCCSc1ccc(-c2ccc(O[C@H](C)C(=O)O)cc2)cc1. The van der Waals surface area contributed by atoms with Gasteiger partial charge >= 0.3 is 5.97 Å². The van der Waals surface area contributed by atoms with Crippen LogP contribution < -0.4 is 4.74 Å². The molecule has 0 amide bonds. The van der Waals surface area contributed by atoms with Gasteiger partial charge in [-0.3, -0.25) is 0 Å². The highest BCUT2D eigenvalue weighted by molar-refractivity contribution is 7.99. The second-order valence-corrected chi connectivity index (χ2v) is 7.93. The number of aliphatic carboxylic acids is 1. The molecule has 2 rings (SSSR count). The van der Waals surface area contributed by atoms with E-state index < -0.39 is 12.1 Å². The molecule has 0 bridgehead atoms. The van der Waals surface area contributed by atoms with Crippen molar-refractivity contribution in [3.8, 4) is 16.9 Å². The van der Waals surface area contributed by atoms with Crippen molar-refractivity contribution < 1.29 is 14.6 Å². The predicted molar refractivity (Wildman–Crippen MR) is 114 cm³/mol. The van der Waals surface area contributed by atoms with Crippen LogP contribution in [0.4, 0.5) is 0 Å². The highest BCUT2D eigenvalue weighted by Gasteiger charge is 2.12. The quantitative estimate of drug-likeness (QED) is 0.327. The summed E-state index contributed by atoms with van der Waals surface area (Å²) in [5.74, 6) is 0.784. The third kappa shape index (κ3) is 7.67. The lowest BCUT2D eigenvalue weighted by Crippen LogP contribution is -2.22. The maximum Gasteiger partial charge on any atom is 0.344 e. The number of carboxylic acids is 1. The van der Waals surface area contributed by atoms with Gasteiger partial charge in [0.1, 0.15) is 5.75 Å². The van der Waals surface area contributed by atoms with Crippen molar-refractivity contribution in [2.24, 2.45) is 0 Å². The molecule has 0 spiro atoms. The monoisotopic (exact) mass is 386 g/mol. The fraction of sp³-hybridized carbons (Fsp3) is 0.435. The Morgan fingerprint density at radius 1 is 0.926 bits per heavy atom. The van der Waals surface area contributed by atoms with Crippen molar-refractivity contribution in [1.29, 1.82) is 0 Å². The molecular weight excluding hydrogens is 356 g/mol. The van der Waals surface area contributed by atoms with E-state index in [0.717, 1.165) is 11.1 Å². The molecule has 3 nitrogen and oxygen atoms in total. The van der Waals surface area contributed by atoms with Crippen LogP contribution >= 0.6 is 11.8 Å². The van der Waals surface area contributed by atoms with Crippen LogP contribution in [-0.2, 0) is 4.79 Å². The Morgan fingerprint density at radius 3 is 2.07 bits per heavy atom. The number of carbonyl (C=O) groups is 1. The minimum absolute atomic E-state index is 0.569. The molecule has 1 atom stereocenters. The first-order chi connectivity index (χ1) is 13.1. The third-order valence-corrected chi connectivity index (χ3v) is 5.57. The Bertz CT molecular complexity index is 680. The van der Waals surface area contributed by atoms with E-state index in [2.05, 4.69) is 31.2 Å². The van der Waals surface area contributed by atoms with Crippen LogP contribution in [0, 0.1) is 0 Å². The fourth-order valence-electron chi connectivity index (χ4n) is 2.80. The predicted octanol–water partition coefficient (Wildman–Crippen LogP) is 6.66. The van der Waals surface area contributed by atoms with Gasteiger partial charge in [0, 0.05) is 4.90 Å². The largest absolute Gasteiger partial charge is 0.479 e. The Labute approximate surface area is 167 Å². The first kappa shape index (κ1) is 21.4. The van der Waals surface area contributed by atoms with E-state index in [9.17, 15) is 4.79 Å². The average Bonchev–Trinajstić information content (AvgIpc) is 2.68. The van der Waals surface area contributed by atoms with Gasteiger partial charge in [-0.1, -0.05) is 63.3 Å². The molecule has 0 unspecified atom stereocenters. The lowest BCUT2D eigenvalue weighted by Gasteiger charge is -2.11. The summed E-state index contributed by atoms with van der Waals surface area (Å²) in [7, 11) is 0. The molecule has 0 aliphatic carbocycles. The minimum atomic E-state index is -0.965. The lowest BCUT2D eigenvalue weighted by atomic mass is 10.1. The number of hydrogen-bond donors (Lipinski definition) is 1. The topological polar surface area (TPSA) is 46.5 Å². The summed E-state index contributed by atoms with van der Waals surface area (Å²) in [6.07, 6.45) is 7.16. The molecule has 0 aromatic heterocycles. The number of ether oxygens (including phenoxy) is 1. The van der Waals surface area contributed by atoms with Gasteiger partial charge in [-0.05, 0) is 54.5 Å². The van der Waals surface area contributed by atoms with Gasteiger partial charge < -0.3 is 9.84 Å². The van der Waals surface area contributed by atoms with Gasteiger partial charge in [0.2, 0.25) is 0 Å². The molecule has 0 fully saturated rings. The normalized spacial score (nSPS) is 11.9. The maximum absolute atomic E-state index is 10.9. The van der Waals surface area contributed by atoms with Gasteiger partial charge in [-0.25, -0.2) is 4.79 Å². The minimum Gasteiger partial charge on any atom is -0.479 e. The second kappa shape index (κ2) is 11.7. The van der Waals surface area contributed by atoms with Crippen LogP contribution in [0.1, 0.15) is 52.4 Å². The summed E-state index contributed by atoms with van der Waals surface area (Å²) in [6.45, 7) is 3.78. The molecule has 0 saturated carbocycles. The maximum atomic E-state index is 10.9. The van der Waals surface area contributed by atoms with Crippen LogP contribution in [0.15, 0.2) is 53.4 Å². The van der Waals surface area contributed by atoms with Crippen molar-refractivity contribution in [1.82, 2.24) is 0 Å². The van der Waals surface area contributed by atoms with Crippen LogP contribution in [-0.4, -0.2) is 22.9 Å². The number of thioether (sulfide) groups is 1. The second-order valence-electron chi connectivity index (χ2n) is 6.76. The van der Waals surface area contributed by atoms with E-state index in [-0.39, 0.29) is 0 Å². The van der Waals surface area contributed by atoms with Gasteiger partial charge in [-0.2, -0.15) is 0 Å². The molecule has 0 saturated heterocycles. The highest BCUT2D eigenvalue weighted by Crippen LogP contribution is 2.26. The number of rotatable bonds is 12. The Morgan fingerprint density at radius 2 is 1.48 bits per heavy atom. The molecule has 27 heavy (non-hydrogen) atoms. The first-order valence-corrected chi connectivity index (χ1v) is 10.8. The zero-order chi connectivity index (χ0) is 19.5.